The molecule has 0 amide bonds. The summed E-state index contributed by atoms with van der Waals surface area (Å²) in [5.74, 6) is 1.62. The maximum atomic E-state index is 11.3. The minimum absolute atomic E-state index is 0.196. The molecule has 4 fully saturated rings. The van der Waals surface area contributed by atoms with Crippen molar-refractivity contribution in [3.8, 4) is 0 Å². The Balaban J connectivity index is 1.64. The molecule has 6 atom stereocenters. The van der Waals surface area contributed by atoms with Gasteiger partial charge in [0.15, 0.2) is 0 Å². The van der Waals surface area contributed by atoms with Gasteiger partial charge in [-0.2, -0.15) is 0 Å². The smallest absolute Gasteiger partial charge is 0.302 e. The lowest BCUT2D eigenvalue weighted by Gasteiger charge is -2.65. The van der Waals surface area contributed by atoms with Crippen LogP contribution in [-0.2, 0) is 9.53 Å². The number of aliphatic hydroxyl groups is 1. The Hall–Kier alpha value is -0.570. The van der Waals surface area contributed by atoms with Crippen LogP contribution in [0.5, 0.6) is 0 Å². The fourth-order valence-electron chi connectivity index (χ4n) is 8.21. The van der Waals surface area contributed by atoms with Crippen LogP contribution in [0.4, 0.5) is 0 Å². The summed E-state index contributed by atoms with van der Waals surface area (Å²) in [5.41, 5.74) is 0.510. The van der Waals surface area contributed by atoms with Crippen molar-refractivity contribution in [2.45, 2.75) is 91.1 Å². The molecule has 0 aliphatic heterocycles. The second kappa shape index (κ2) is 5.47. The number of carbonyl (C=O) groups is 1. The summed E-state index contributed by atoms with van der Waals surface area (Å²) in [5, 5.41) is 11.3. The maximum absolute atomic E-state index is 11.3. The summed E-state index contributed by atoms with van der Waals surface area (Å²) >= 11 is 0. The van der Waals surface area contributed by atoms with Gasteiger partial charge in [-0.15, -0.1) is 0 Å². The lowest BCUT2D eigenvalue weighted by Crippen LogP contribution is -2.59. The van der Waals surface area contributed by atoms with Crippen molar-refractivity contribution < 1.29 is 14.6 Å². The summed E-state index contributed by atoms with van der Waals surface area (Å²) in [4.78, 5) is 11.3. The Morgan fingerprint density at radius 1 is 1.08 bits per heavy atom. The van der Waals surface area contributed by atoms with Gasteiger partial charge in [0, 0.05) is 6.92 Å². The molecule has 4 saturated carbocycles. The SMILES string of the molecule is CC(=O)OC[C@]1(O)CC[C@@]23C[C@H]1C[C@@H]2CCC1C(C)(C)CCC[C@@]13C. The number of carbonyl (C=O) groups excluding carboxylic acids is 1. The fraction of sp³-hybridized carbons (Fsp3) is 0.955. The lowest BCUT2D eigenvalue weighted by atomic mass is 9.39. The molecule has 1 unspecified atom stereocenters. The summed E-state index contributed by atoms with van der Waals surface area (Å²) in [6, 6.07) is 0. The molecule has 3 heteroatoms. The minimum atomic E-state index is -0.787. The molecule has 0 aromatic carbocycles. The van der Waals surface area contributed by atoms with Crippen LogP contribution < -0.4 is 0 Å². The molecule has 1 spiro atoms. The van der Waals surface area contributed by atoms with Crippen LogP contribution in [0.3, 0.4) is 0 Å². The largest absolute Gasteiger partial charge is 0.463 e. The molecule has 0 aromatic heterocycles. The summed E-state index contributed by atoms with van der Waals surface area (Å²) in [7, 11) is 0. The second-order valence-corrected chi connectivity index (χ2v) is 10.8. The average Bonchev–Trinajstić information content (AvgIpc) is 2.87. The highest BCUT2D eigenvalue weighted by molar-refractivity contribution is 5.65. The number of hydrogen-bond acceptors (Lipinski definition) is 3. The molecule has 4 rings (SSSR count). The lowest BCUT2D eigenvalue weighted by molar-refractivity contribution is -0.183. The third-order valence-corrected chi connectivity index (χ3v) is 9.42. The Morgan fingerprint density at radius 2 is 1.84 bits per heavy atom. The molecule has 4 aliphatic carbocycles. The van der Waals surface area contributed by atoms with E-state index in [2.05, 4.69) is 20.8 Å². The molecule has 0 saturated heterocycles. The highest BCUT2D eigenvalue weighted by atomic mass is 16.5. The zero-order valence-corrected chi connectivity index (χ0v) is 16.6. The Kier molecular flexibility index (Phi) is 3.90. The Labute approximate surface area is 152 Å². The van der Waals surface area contributed by atoms with E-state index in [0.29, 0.717) is 22.2 Å². The van der Waals surface area contributed by atoms with Gasteiger partial charge < -0.3 is 9.84 Å². The highest BCUT2D eigenvalue weighted by Gasteiger charge is 2.68. The molecule has 0 aromatic rings. The van der Waals surface area contributed by atoms with Crippen molar-refractivity contribution in [1.82, 2.24) is 0 Å². The second-order valence-electron chi connectivity index (χ2n) is 10.8. The molecule has 3 nitrogen and oxygen atoms in total. The first kappa shape index (κ1) is 17.8. The molecule has 0 radical (unpaired) electrons. The van der Waals surface area contributed by atoms with E-state index in [1.807, 2.05) is 0 Å². The van der Waals surface area contributed by atoms with Crippen LogP contribution >= 0.6 is 0 Å². The molecule has 1 N–H and O–H groups in total. The van der Waals surface area contributed by atoms with Crippen LogP contribution in [0.25, 0.3) is 0 Å². The molecule has 0 heterocycles. The standard InChI is InChI=1S/C22H36O3/c1-15(23)25-14-22(24)11-10-21-13-17(22)12-16(21)6-7-18-19(2,3)8-5-9-20(18,21)4/h16-18,24H,5-14H2,1-4H3/t16-,17+,18?,20-,21+,22+/m0/s1. The van der Waals surface area contributed by atoms with E-state index in [1.165, 1.54) is 39.0 Å². The first-order valence-corrected chi connectivity index (χ1v) is 10.5. The van der Waals surface area contributed by atoms with Crippen molar-refractivity contribution in [3.63, 3.8) is 0 Å². The quantitative estimate of drug-likeness (QED) is 0.735. The van der Waals surface area contributed by atoms with E-state index in [0.717, 1.165) is 37.5 Å². The normalized spacial score (nSPS) is 50.7. The van der Waals surface area contributed by atoms with E-state index in [-0.39, 0.29) is 12.6 Å². The van der Waals surface area contributed by atoms with Gasteiger partial charge in [-0.3, -0.25) is 4.79 Å². The van der Waals surface area contributed by atoms with Crippen LogP contribution in [0.2, 0.25) is 0 Å². The van der Waals surface area contributed by atoms with Crippen molar-refractivity contribution in [2.75, 3.05) is 6.61 Å². The molecule has 142 valence electrons. The molecular formula is C22H36O3. The Morgan fingerprint density at radius 3 is 2.56 bits per heavy atom. The van der Waals surface area contributed by atoms with Gasteiger partial charge in [0.25, 0.3) is 0 Å². The third kappa shape index (κ3) is 2.37. The van der Waals surface area contributed by atoms with Crippen molar-refractivity contribution >= 4 is 5.97 Å². The third-order valence-electron chi connectivity index (χ3n) is 9.42. The van der Waals surface area contributed by atoms with E-state index in [9.17, 15) is 9.90 Å². The minimum Gasteiger partial charge on any atom is -0.463 e. The predicted molar refractivity (Wildman–Crippen MR) is 97.9 cm³/mol. The zero-order chi connectivity index (χ0) is 18.1. The van der Waals surface area contributed by atoms with E-state index in [1.54, 1.807) is 0 Å². The number of ether oxygens (including phenoxy) is 1. The van der Waals surface area contributed by atoms with Gasteiger partial charge >= 0.3 is 5.97 Å². The van der Waals surface area contributed by atoms with Crippen LogP contribution in [0, 0.1) is 34.0 Å². The molecule has 2 bridgehead atoms. The number of rotatable bonds is 2. The summed E-state index contributed by atoms with van der Waals surface area (Å²) in [6.07, 6.45) is 11.0. The Bertz CT molecular complexity index is 570. The van der Waals surface area contributed by atoms with Gasteiger partial charge in [0.1, 0.15) is 12.2 Å². The van der Waals surface area contributed by atoms with E-state index < -0.39 is 5.60 Å². The van der Waals surface area contributed by atoms with Gasteiger partial charge in [0.05, 0.1) is 0 Å². The fourth-order valence-corrected chi connectivity index (χ4v) is 8.21. The van der Waals surface area contributed by atoms with E-state index in [4.69, 9.17) is 4.74 Å². The first-order chi connectivity index (χ1) is 11.6. The van der Waals surface area contributed by atoms with Gasteiger partial charge in [0.2, 0.25) is 0 Å². The monoisotopic (exact) mass is 348 g/mol. The number of hydrogen-bond donors (Lipinski definition) is 1. The average molecular weight is 349 g/mol. The van der Waals surface area contributed by atoms with Gasteiger partial charge in [-0.1, -0.05) is 27.2 Å². The van der Waals surface area contributed by atoms with Crippen LogP contribution in [-0.4, -0.2) is 23.3 Å². The topological polar surface area (TPSA) is 46.5 Å². The predicted octanol–water partition coefficient (Wildman–Crippen LogP) is 4.71. The molecule has 4 aliphatic rings. The number of esters is 1. The van der Waals surface area contributed by atoms with Crippen molar-refractivity contribution in [2.24, 2.45) is 34.0 Å². The maximum Gasteiger partial charge on any atom is 0.302 e. The zero-order valence-electron chi connectivity index (χ0n) is 16.6. The molecular weight excluding hydrogens is 312 g/mol. The summed E-state index contributed by atoms with van der Waals surface area (Å²) in [6.45, 7) is 9.24. The van der Waals surface area contributed by atoms with E-state index >= 15 is 0 Å². The van der Waals surface area contributed by atoms with Crippen LogP contribution in [0.15, 0.2) is 0 Å². The highest BCUT2D eigenvalue weighted by Crippen LogP contribution is 2.75. The van der Waals surface area contributed by atoms with Gasteiger partial charge in [-0.25, -0.2) is 0 Å². The molecule has 25 heavy (non-hydrogen) atoms. The van der Waals surface area contributed by atoms with Gasteiger partial charge in [-0.05, 0) is 85.4 Å². The van der Waals surface area contributed by atoms with Crippen molar-refractivity contribution in [1.29, 1.82) is 0 Å². The first-order valence-electron chi connectivity index (χ1n) is 10.5. The summed E-state index contributed by atoms with van der Waals surface area (Å²) < 4.78 is 5.26. The number of fused-ring (bicyclic) bond motifs is 2. The van der Waals surface area contributed by atoms with Crippen LogP contribution in [0.1, 0.15) is 85.5 Å². The van der Waals surface area contributed by atoms with Crippen molar-refractivity contribution in [3.05, 3.63) is 0 Å².